The van der Waals surface area contributed by atoms with Crippen LogP contribution in [0.3, 0.4) is 0 Å². The normalized spacial score (nSPS) is 10.4. The van der Waals surface area contributed by atoms with E-state index in [0.717, 1.165) is 5.39 Å². The predicted molar refractivity (Wildman–Crippen MR) is 46.8 cm³/mol. The van der Waals surface area contributed by atoms with Crippen molar-refractivity contribution in [3.05, 3.63) is 23.5 Å². The monoisotopic (exact) mass is 180 g/mol. The van der Waals surface area contributed by atoms with Gasteiger partial charge in [-0.15, -0.1) is 10.2 Å². The third kappa shape index (κ3) is 0.967. The minimum absolute atomic E-state index is 0.278. The molecule has 0 saturated heterocycles. The van der Waals surface area contributed by atoms with E-state index in [1.807, 2.05) is 0 Å². The summed E-state index contributed by atoms with van der Waals surface area (Å²) in [7, 11) is 0. The number of hydrogen-bond donors (Lipinski definition) is 1. The molecule has 0 aliphatic rings. The molecule has 0 saturated carbocycles. The number of rotatable bonds is 0. The van der Waals surface area contributed by atoms with E-state index in [1.54, 1.807) is 18.3 Å². The molecule has 0 spiro atoms. The maximum atomic E-state index is 5.74. The zero-order valence-electron chi connectivity index (χ0n) is 6.03. The zero-order valence-corrected chi connectivity index (χ0v) is 6.78. The summed E-state index contributed by atoms with van der Waals surface area (Å²) < 4.78 is 0. The summed E-state index contributed by atoms with van der Waals surface area (Å²) in [6, 6.07) is 3.58. The SMILES string of the molecule is Nc1nnc(Cl)c2ncccc12. The van der Waals surface area contributed by atoms with E-state index in [2.05, 4.69) is 15.2 Å². The number of pyridine rings is 1. The van der Waals surface area contributed by atoms with Gasteiger partial charge in [-0.05, 0) is 12.1 Å². The lowest BCUT2D eigenvalue weighted by molar-refractivity contribution is 1.05. The van der Waals surface area contributed by atoms with Crippen molar-refractivity contribution < 1.29 is 0 Å². The molecular weight excluding hydrogens is 176 g/mol. The molecule has 2 N–H and O–H groups in total. The van der Waals surface area contributed by atoms with Gasteiger partial charge in [-0.25, -0.2) is 0 Å². The van der Waals surface area contributed by atoms with Crippen LogP contribution in [-0.4, -0.2) is 15.2 Å². The van der Waals surface area contributed by atoms with Crippen LogP contribution in [0.15, 0.2) is 18.3 Å². The molecule has 60 valence electrons. The molecule has 0 atom stereocenters. The van der Waals surface area contributed by atoms with E-state index in [9.17, 15) is 0 Å². The molecule has 2 heterocycles. The minimum Gasteiger partial charge on any atom is -0.382 e. The van der Waals surface area contributed by atoms with E-state index < -0.39 is 0 Å². The van der Waals surface area contributed by atoms with Crippen LogP contribution in [0.25, 0.3) is 10.9 Å². The number of aromatic nitrogens is 3. The summed E-state index contributed by atoms with van der Waals surface area (Å²) in [5, 5.41) is 8.31. The van der Waals surface area contributed by atoms with Crippen molar-refractivity contribution >= 4 is 28.3 Å². The molecule has 2 rings (SSSR count). The Kier molecular flexibility index (Phi) is 1.55. The third-order valence-electron chi connectivity index (χ3n) is 1.52. The van der Waals surface area contributed by atoms with Gasteiger partial charge < -0.3 is 5.73 Å². The number of anilines is 1. The van der Waals surface area contributed by atoms with Crippen LogP contribution >= 0.6 is 11.6 Å². The van der Waals surface area contributed by atoms with Gasteiger partial charge in [-0.1, -0.05) is 11.6 Å². The Bertz CT molecular complexity index is 388. The van der Waals surface area contributed by atoms with Gasteiger partial charge in [0.25, 0.3) is 0 Å². The van der Waals surface area contributed by atoms with Crippen molar-refractivity contribution in [3.63, 3.8) is 0 Å². The Morgan fingerprint density at radius 2 is 2.17 bits per heavy atom. The lowest BCUT2D eigenvalue weighted by Gasteiger charge is -1.98. The van der Waals surface area contributed by atoms with Crippen LogP contribution in [0.1, 0.15) is 0 Å². The number of nitrogens with zero attached hydrogens (tertiary/aromatic N) is 3. The van der Waals surface area contributed by atoms with Gasteiger partial charge in [-0.3, -0.25) is 4.98 Å². The Balaban J connectivity index is 2.95. The van der Waals surface area contributed by atoms with E-state index in [1.165, 1.54) is 0 Å². The van der Waals surface area contributed by atoms with Crippen molar-refractivity contribution in [2.75, 3.05) is 5.73 Å². The topological polar surface area (TPSA) is 64.7 Å². The first-order valence-corrected chi connectivity index (χ1v) is 3.69. The Hall–Kier alpha value is -1.42. The smallest absolute Gasteiger partial charge is 0.178 e. The maximum absolute atomic E-state index is 5.74. The molecule has 5 heteroatoms. The fraction of sp³-hybridized carbons (Fsp3) is 0. The van der Waals surface area contributed by atoms with Gasteiger partial charge >= 0.3 is 0 Å². The number of halogens is 1. The molecule has 0 amide bonds. The van der Waals surface area contributed by atoms with Gasteiger partial charge in [0.1, 0.15) is 5.52 Å². The van der Waals surface area contributed by atoms with Crippen molar-refractivity contribution in [1.29, 1.82) is 0 Å². The molecule has 0 fully saturated rings. The van der Waals surface area contributed by atoms with Crippen LogP contribution in [0.5, 0.6) is 0 Å². The maximum Gasteiger partial charge on any atom is 0.178 e. The fourth-order valence-corrected chi connectivity index (χ4v) is 1.16. The second-order valence-electron chi connectivity index (χ2n) is 2.28. The summed E-state index contributed by atoms with van der Waals surface area (Å²) >= 11 is 5.74. The first-order valence-electron chi connectivity index (χ1n) is 3.31. The van der Waals surface area contributed by atoms with Gasteiger partial charge in [-0.2, -0.15) is 0 Å². The van der Waals surface area contributed by atoms with Crippen LogP contribution in [-0.2, 0) is 0 Å². The molecule has 4 nitrogen and oxygen atoms in total. The molecule has 0 unspecified atom stereocenters. The molecule has 0 radical (unpaired) electrons. The van der Waals surface area contributed by atoms with Crippen LogP contribution < -0.4 is 5.73 Å². The molecule has 2 aromatic heterocycles. The molecule has 0 aliphatic carbocycles. The molecule has 12 heavy (non-hydrogen) atoms. The van der Waals surface area contributed by atoms with Crippen molar-refractivity contribution in [2.45, 2.75) is 0 Å². The quantitative estimate of drug-likeness (QED) is 0.663. The number of hydrogen-bond acceptors (Lipinski definition) is 4. The highest BCUT2D eigenvalue weighted by atomic mass is 35.5. The average molecular weight is 181 g/mol. The molecule has 2 aromatic rings. The zero-order chi connectivity index (χ0) is 8.55. The third-order valence-corrected chi connectivity index (χ3v) is 1.78. The van der Waals surface area contributed by atoms with Crippen LogP contribution in [0.4, 0.5) is 5.82 Å². The Morgan fingerprint density at radius 3 is 2.92 bits per heavy atom. The van der Waals surface area contributed by atoms with Crippen LogP contribution in [0.2, 0.25) is 5.15 Å². The van der Waals surface area contributed by atoms with Gasteiger partial charge in [0.05, 0.1) is 0 Å². The average Bonchev–Trinajstić information content (AvgIpc) is 2.12. The summed E-state index contributed by atoms with van der Waals surface area (Å²) in [5.74, 6) is 0.350. The molecule has 0 aliphatic heterocycles. The highest BCUT2D eigenvalue weighted by Gasteiger charge is 2.04. The first-order chi connectivity index (χ1) is 5.79. The summed E-state index contributed by atoms with van der Waals surface area (Å²) in [6.45, 7) is 0. The molecular formula is C7H5ClN4. The van der Waals surface area contributed by atoms with Gasteiger partial charge in [0.2, 0.25) is 0 Å². The van der Waals surface area contributed by atoms with Crippen molar-refractivity contribution in [3.8, 4) is 0 Å². The standard InChI is InChI=1S/C7H5ClN4/c8-6-5-4(2-1-3-10-5)7(9)12-11-6/h1-3H,(H2,9,12). The Morgan fingerprint density at radius 1 is 1.33 bits per heavy atom. The highest BCUT2D eigenvalue weighted by molar-refractivity contribution is 6.33. The van der Waals surface area contributed by atoms with Gasteiger partial charge in [0.15, 0.2) is 11.0 Å². The van der Waals surface area contributed by atoms with Crippen molar-refractivity contribution in [2.24, 2.45) is 0 Å². The minimum atomic E-state index is 0.278. The van der Waals surface area contributed by atoms with E-state index in [-0.39, 0.29) is 5.15 Å². The van der Waals surface area contributed by atoms with E-state index in [0.29, 0.717) is 11.3 Å². The molecule has 0 bridgehead atoms. The Labute approximate surface area is 73.4 Å². The predicted octanol–water partition coefficient (Wildman–Crippen LogP) is 1.26. The highest BCUT2D eigenvalue weighted by Crippen LogP contribution is 2.20. The van der Waals surface area contributed by atoms with Gasteiger partial charge in [0, 0.05) is 11.6 Å². The molecule has 0 aromatic carbocycles. The van der Waals surface area contributed by atoms with E-state index >= 15 is 0 Å². The second-order valence-corrected chi connectivity index (χ2v) is 2.63. The summed E-state index contributed by atoms with van der Waals surface area (Å²) in [5.41, 5.74) is 6.14. The number of fused-ring (bicyclic) bond motifs is 1. The lowest BCUT2D eigenvalue weighted by atomic mass is 10.3. The number of nitrogen functional groups attached to an aromatic ring is 1. The largest absolute Gasteiger partial charge is 0.382 e. The first kappa shape index (κ1) is 7.24. The lowest BCUT2D eigenvalue weighted by Crippen LogP contribution is -1.95. The fourth-order valence-electron chi connectivity index (χ4n) is 0.975. The number of nitrogens with two attached hydrogens (primary N) is 1. The second kappa shape index (κ2) is 2.57. The van der Waals surface area contributed by atoms with Crippen LogP contribution in [0, 0.1) is 0 Å². The summed E-state index contributed by atoms with van der Waals surface area (Å²) in [4.78, 5) is 4.03. The summed E-state index contributed by atoms with van der Waals surface area (Å²) in [6.07, 6.45) is 1.63. The van der Waals surface area contributed by atoms with E-state index in [4.69, 9.17) is 17.3 Å². The van der Waals surface area contributed by atoms with Crippen molar-refractivity contribution in [1.82, 2.24) is 15.2 Å².